The number of rotatable bonds is 3. The van der Waals surface area contributed by atoms with Crippen molar-refractivity contribution in [1.29, 1.82) is 0 Å². The Hall–Kier alpha value is -1.42. The molecule has 1 aromatic carbocycles. The molecule has 0 aliphatic heterocycles. The summed E-state index contributed by atoms with van der Waals surface area (Å²) in [5, 5.41) is 0. The summed E-state index contributed by atoms with van der Waals surface area (Å²) in [5.74, 6) is 0.0626. The second-order valence-corrected chi connectivity index (χ2v) is 5.31. The Balaban J connectivity index is 2.22. The van der Waals surface area contributed by atoms with Crippen LogP contribution in [-0.4, -0.2) is 19.5 Å². The number of benzene rings is 1. The molecular weight excluding hydrogens is 231 g/mol. The van der Waals surface area contributed by atoms with Crippen molar-refractivity contribution in [2.75, 3.05) is 18.5 Å². The summed E-state index contributed by atoms with van der Waals surface area (Å²) in [7, 11) is 1.61. The molecule has 1 aliphatic rings. The van der Waals surface area contributed by atoms with Gasteiger partial charge < -0.3 is 10.6 Å². The van der Waals surface area contributed by atoms with Gasteiger partial charge in [0.2, 0.25) is 5.91 Å². The lowest BCUT2D eigenvalue weighted by Crippen LogP contribution is -2.54. The van der Waals surface area contributed by atoms with Crippen molar-refractivity contribution in [1.82, 2.24) is 0 Å². The lowest BCUT2D eigenvalue weighted by atomic mass is 9.62. The fourth-order valence-electron chi connectivity index (χ4n) is 2.89. The lowest BCUT2D eigenvalue weighted by molar-refractivity contribution is -0.134. The molecule has 0 saturated heterocycles. The molecule has 1 aliphatic carbocycles. The van der Waals surface area contributed by atoms with Crippen molar-refractivity contribution in [3.8, 4) is 0 Å². The molecule has 0 heterocycles. The topological polar surface area (TPSA) is 46.3 Å². The van der Waals surface area contributed by atoms with Crippen molar-refractivity contribution in [3.05, 3.63) is 30.1 Å². The van der Waals surface area contributed by atoms with Crippen molar-refractivity contribution in [2.45, 2.75) is 19.8 Å². The maximum Gasteiger partial charge on any atom is 0.234 e. The summed E-state index contributed by atoms with van der Waals surface area (Å²) in [5.41, 5.74) is 5.57. The van der Waals surface area contributed by atoms with E-state index >= 15 is 0 Å². The highest BCUT2D eigenvalue weighted by atomic mass is 19.1. The van der Waals surface area contributed by atoms with Gasteiger partial charge in [-0.05, 0) is 30.9 Å². The van der Waals surface area contributed by atoms with Gasteiger partial charge in [0.15, 0.2) is 0 Å². The lowest BCUT2D eigenvalue weighted by Gasteiger charge is -2.46. The zero-order valence-corrected chi connectivity index (χ0v) is 10.8. The van der Waals surface area contributed by atoms with E-state index in [9.17, 15) is 9.18 Å². The van der Waals surface area contributed by atoms with Crippen LogP contribution in [0.1, 0.15) is 19.8 Å². The highest BCUT2D eigenvalue weighted by molar-refractivity contribution is 5.98. The highest BCUT2D eigenvalue weighted by Gasteiger charge is 2.48. The van der Waals surface area contributed by atoms with Gasteiger partial charge in [0.05, 0.1) is 11.1 Å². The zero-order valence-electron chi connectivity index (χ0n) is 10.8. The second kappa shape index (κ2) is 4.69. The van der Waals surface area contributed by atoms with Gasteiger partial charge in [-0.3, -0.25) is 4.79 Å². The van der Waals surface area contributed by atoms with Crippen molar-refractivity contribution < 1.29 is 9.18 Å². The third kappa shape index (κ3) is 2.01. The van der Waals surface area contributed by atoms with E-state index in [2.05, 4.69) is 6.92 Å². The quantitative estimate of drug-likeness (QED) is 0.893. The van der Waals surface area contributed by atoms with E-state index in [0.717, 1.165) is 12.8 Å². The summed E-state index contributed by atoms with van der Waals surface area (Å²) in [6, 6.07) is 6.30. The van der Waals surface area contributed by atoms with E-state index < -0.39 is 5.41 Å². The van der Waals surface area contributed by atoms with Crippen LogP contribution in [0, 0.1) is 17.2 Å². The maximum absolute atomic E-state index is 13.7. The van der Waals surface area contributed by atoms with Gasteiger partial charge in [0.25, 0.3) is 0 Å². The van der Waals surface area contributed by atoms with E-state index in [1.807, 2.05) is 0 Å². The zero-order chi connectivity index (χ0) is 13.3. The van der Waals surface area contributed by atoms with Gasteiger partial charge in [-0.2, -0.15) is 0 Å². The van der Waals surface area contributed by atoms with Gasteiger partial charge in [-0.25, -0.2) is 4.39 Å². The van der Waals surface area contributed by atoms with Crippen LogP contribution in [0.15, 0.2) is 24.3 Å². The van der Waals surface area contributed by atoms with Crippen LogP contribution in [0.2, 0.25) is 0 Å². The number of hydrogen-bond donors (Lipinski definition) is 1. The van der Waals surface area contributed by atoms with Crippen LogP contribution < -0.4 is 10.6 Å². The van der Waals surface area contributed by atoms with E-state index in [0.29, 0.717) is 18.2 Å². The van der Waals surface area contributed by atoms with Crippen molar-refractivity contribution in [2.24, 2.45) is 17.1 Å². The molecule has 3 nitrogen and oxygen atoms in total. The van der Waals surface area contributed by atoms with Crippen molar-refractivity contribution in [3.63, 3.8) is 0 Å². The second-order valence-electron chi connectivity index (χ2n) is 5.31. The van der Waals surface area contributed by atoms with Crippen LogP contribution in [0.25, 0.3) is 0 Å². The standard InChI is InChI=1S/C14H19FN2O/c1-10-7-14(8-10,9-16)13(18)17(2)12-6-4-3-5-11(12)15/h3-6,10H,7-9,16H2,1-2H3. The summed E-state index contributed by atoms with van der Waals surface area (Å²) >= 11 is 0. The Kier molecular flexibility index (Phi) is 3.39. The predicted molar refractivity (Wildman–Crippen MR) is 69.7 cm³/mol. The molecule has 18 heavy (non-hydrogen) atoms. The molecule has 1 aromatic rings. The Morgan fingerprint density at radius 3 is 2.61 bits per heavy atom. The van der Waals surface area contributed by atoms with Crippen LogP contribution in [0.5, 0.6) is 0 Å². The number of carbonyl (C=O) groups excluding carboxylic acids is 1. The van der Waals surface area contributed by atoms with Gasteiger partial charge in [-0.1, -0.05) is 19.1 Å². The SMILES string of the molecule is CC1CC(CN)(C(=O)N(C)c2ccccc2F)C1. The van der Waals surface area contributed by atoms with Gasteiger partial charge >= 0.3 is 0 Å². The Morgan fingerprint density at radius 1 is 1.50 bits per heavy atom. The minimum atomic E-state index is -0.490. The van der Waals surface area contributed by atoms with Crippen LogP contribution >= 0.6 is 0 Å². The summed E-state index contributed by atoms with van der Waals surface area (Å²) in [6.45, 7) is 2.43. The fourth-order valence-corrected chi connectivity index (χ4v) is 2.89. The first kappa shape index (κ1) is 13.0. The number of halogens is 1. The molecule has 98 valence electrons. The third-order valence-electron chi connectivity index (χ3n) is 3.84. The van der Waals surface area contributed by atoms with E-state index in [1.165, 1.54) is 11.0 Å². The third-order valence-corrected chi connectivity index (χ3v) is 3.84. The van der Waals surface area contributed by atoms with Crippen molar-refractivity contribution >= 4 is 11.6 Å². The first-order valence-electron chi connectivity index (χ1n) is 6.23. The molecule has 0 spiro atoms. The Morgan fingerprint density at radius 2 is 2.11 bits per heavy atom. The van der Waals surface area contributed by atoms with E-state index in [4.69, 9.17) is 5.73 Å². The normalized spacial score (nSPS) is 26.6. The van der Waals surface area contributed by atoms with Crippen LogP contribution in [0.4, 0.5) is 10.1 Å². The molecule has 2 rings (SSSR count). The minimum Gasteiger partial charge on any atom is -0.329 e. The molecule has 1 saturated carbocycles. The van der Waals surface area contributed by atoms with Gasteiger partial charge in [0.1, 0.15) is 5.82 Å². The van der Waals surface area contributed by atoms with E-state index in [-0.39, 0.29) is 11.7 Å². The summed E-state index contributed by atoms with van der Waals surface area (Å²) in [6.07, 6.45) is 1.59. The van der Waals surface area contributed by atoms with Crippen LogP contribution in [-0.2, 0) is 4.79 Å². The fraction of sp³-hybridized carbons (Fsp3) is 0.500. The predicted octanol–water partition coefficient (Wildman–Crippen LogP) is 2.16. The molecule has 0 radical (unpaired) electrons. The number of carbonyl (C=O) groups is 1. The summed E-state index contributed by atoms with van der Waals surface area (Å²) < 4.78 is 13.7. The number of nitrogens with two attached hydrogens (primary N) is 1. The number of para-hydroxylation sites is 1. The number of amides is 1. The largest absolute Gasteiger partial charge is 0.329 e. The van der Waals surface area contributed by atoms with Gasteiger partial charge in [0, 0.05) is 13.6 Å². The Bertz CT molecular complexity index is 455. The molecule has 1 amide bonds. The average molecular weight is 250 g/mol. The maximum atomic E-state index is 13.7. The molecule has 0 unspecified atom stereocenters. The minimum absolute atomic E-state index is 0.0757. The number of anilines is 1. The monoisotopic (exact) mass is 250 g/mol. The summed E-state index contributed by atoms with van der Waals surface area (Å²) in [4.78, 5) is 13.9. The molecule has 4 heteroatoms. The smallest absolute Gasteiger partial charge is 0.234 e. The first-order valence-corrected chi connectivity index (χ1v) is 6.23. The van der Waals surface area contributed by atoms with E-state index in [1.54, 1.807) is 25.2 Å². The highest BCUT2D eigenvalue weighted by Crippen LogP contribution is 2.46. The first-order chi connectivity index (χ1) is 8.50. The molecular formula is C14H19FN2O. The van der Waals surface area contributed by atoms with Crippen LogP contribution in [0.3, 0.4) is 0 Å². The average Bonchev–Trinajstić information content (AvgIpc) is 2.33. The molecule has 2 N–H and O–H groups in total. The van der Waals surface area contributed by atoms with Gasteiger partial charge in [-0.15, -0.1) is 0 Å². The molecule has 0 bridgehead atoms. The molecule has 0 atom stereocenters. The molecule has 0 aromatic heterocycles. The number of hydrogen-bond acceptors (Lipinski definition) is 2. The Labute approximate surface area is 107 Å². The number of nitrogens with zero attached hydrogens (tertiary/aromatic N) is 1. The molecule has 1 fully saturated rings.